The first-order valence-electron chi connectivity index (χ1n) is 8.42. The summed E-state index contributed by atoms with van der Waals surface area (Å²) in [4.78, 5) is 24.9. The van der Waals surface area contributed by atoms with Crippen LogP contribution in [0.1, 0.15) is 16.8 Å². The summed E-state index contributed by atoms with van der Waals surface area (Å²) in [6.07, 6.45) is 2.43. The highest BCUT2D eigenvalue weighted by Crippen LogP contribution is 2.33. The molecule has 7 heteroatoms. The maximum absolute atomic E-state index is 12.9. The van der Waals surface area contributed by atoms with Crippen LogP contribution in [-0.2, 0) is 9.53 Å². The zero-order chi connectivity index (χ0) is 19.8. The Kier molecular flexibility index (Phi) is 7.55. The van der Waals surface area contributed by atoms with Crippen molar-refractivity contribution in [2.75, 3.05) is 32.0 Å². The molecular formula is C20H24N2O4S. The van der Waals surface area contributed by atoms with Crippen LogP contribution in [0.25, 0.3) is 11.1 Å². The molecule has 0 saturated heterocycles. The normalized spacial score (nSPS) is 11.5. The number of nitrogens with two attached hydrogens (primary N) is 1. The van der Waals surface area contributed by atoms with Gasteiger partial charge in [0.2, 0.25) is 0 Å². The van der Waals surface area contributed by atoms with Gasteiger partial charge in [0.05, 0.1) is 14.2 Å². The SMILES string of the molecule is COC(=O)[C@H](CCSC)NC(=O)c1ccc(N)cc1-c1ccccc1OC. The minimum absolute atomic E-state index is 0.368. The van der Waals surface area contributed by atoms with Gasteiger partial charge in [-0.1, -0.05) is 18.2 Å². The Bertz CT molecular complexity index is 810. The summed E-state index contributed by atoms with van der Waals surface area (Å²) in [6, 6.07) is 11.7. The summed E-state index contributed by atoms with van der Waals surface area (Å²) < 4.78 is 10.2. The molecule has 1 atom stereocenters. The van der Waals surface area contributed by atoms with Gasteiger partial charge < -0.3 is 20.5 Å². The van der Waals surface area contributed by atoms with E-state index in [2.05, 4.69) is 5.32 Å². The molecule has 1 amide bonds. The van der Waals surface area contributed by atoms with Gasteiger partial charge in [-0.15, -0.1) is 0 Å². The Morgan fingerprint density at radius 3 is 2.56 bits per heavy atom. The predicted molar refractivity (Wildman–Crippen MR) is 109 cm³/mol. The number of carbonyl (C=O) groups is 2. The Labute approximate surface area is 163 Å². The second-order valence-corrected chi connectivity index (χ2v) is 6.82. The van der Waals surface area contributed by atoms with Crippen LogP contribution in [0.5, 0.6) is 5.75 Å². The second kappa shape index (κ2) is 9.87. The van der Waals surface area contributed by atoms with E-state index in [1.165, 1.54) is 7.11 Å². The lowest BCUT2D eigenvalue weighted by molar-refractivity contribution is -0.142. The first-order valence-corrected chi connectivity index (χ1v) is 9.81. The van der Waals surface area contributed by atoms with E-state index in [4.69, 9.17) is 15.2 Å². The van der Waals surface area contributed by atoms with Crippen molar-refractivity contribution in [3.8, 4) is 16.9 Å². The largest absolute Gasteiger partial charge is 0.496 e. The van der Waals surface area contributed by atoms with Crippen LogP contribution >= 0.6 is 11.8 Å². The van der Waals surface area contributed by atoms with Crippen molar-refractivity contribution in [3.05, 3.63) is 48.0 Å². The van der Waals surface area contributed by atoms with Crippen molar-refractivity contribution < 1.29 is 19.1 Å². The summed E-state index contributed by atoms with van der Waals surface area (Å²) in [5, 5.41) is 2.78. The zero-order valence-corrected chi connectivity index (χ0v) is 16.5. The summed E-state index contributed by atoms with van der Waals surface area (Å²) in [7, 11) is 2.88. The van der Waals surface area contributed by atoms with Crippen LogP contribution in [0.2, 0.25) is 0 Å². The van der Waals surface area contributed by atoms with Crippen LogP contribution in [0, 0.1) is 0 Å². The van der Waals surface area contributed by atoms with Crippen molar-refractivity contribution in [2.24, 2.45) is 0 Å². The maximum atomic E-state index is 12.9. The van der Waals surface area contributed by atoms with E-state index in [1.54, 1.807) is 37.1 Å². The molecule has 2 rings (SSSR count). The van der Waals surface area contributed by atoms with E-state index in [9.17, 15) is 9.59 Å². The topological polar surface area (TPSA) is 90.7 Å². The number of nitrogen functional groups attached to an aromatic ring is 1. The summed E-state index contributed by atoms with van der Waals surface area (Å²) >= 11 is 1.60. The molecule has 6 nitrogen and oxygen atoms in total. The fourth-order valence-corrected chi connectivity index (χ4v) is 3.18. The molecule has 0 aromatic heterocycles. The highest BCUT2D eigenvalue weighted by molar-refractivity contribution is 7.98. The third-order valence-corrected chi connectivity index (χ3v) is 4.73. The number of hydrogen-bond donors (Lipinski definition) is 2. The lowest BCUT2D eigenvalue weighted by Crippen LogP contribution is -2.42. The van der Waals surface area contributed by atoms with E-state index in [1.807, 2.05) is 30.5 Å². The Morgan fingerprint density at radius 2 is 1.89 bits per heavy atom. The molecule has 0 aliphatic heterocycles. The molecule has 0 unspecified atom stereocenters. The quantitative estimate of drug-likeness (QED) is 0.534. The van der Waals surface area contributed by atoms with Gasteiger partial charge in [-0.05, 0) is 42.7 Å². The Morgan fingerprint density at radius 1 is 1.15 bits per heavy atom. The average molecular weight is 388 g/mol. The molecule has 0 fully saturated rings. The van der Waals surface area contributed by atoms with Gasteiger partial charge >= 0.3 is 5.97 Å². The van der Waals surface area contributed by atoms with Crippen molar-refractivity contribution in [1.82, 2.24) is 5.32 Å². The molecule has 144 valence electrons. The minimum Gasteiger partial charge on any atom is -0.496 e. The highest BCUT2D eigenvalue weighted by Gasteiger charge is 2.24. The lowest BCUT2D eigenvalue weighted by atomic mass is 9.97. The molecule has 2 aromatic rings. The van der Waals surface area contributed by atoms with Crippen molar-refractivity contribution in [3.63, 3.8) is 0 Å². The van der Waals surface area contributed by atoms with E-state index in [-0.39, 0.29) is 5.91 Å². The smallest absolute Gasteiger partial charge is 0.328 e. The van der Waals surface area contributed by atoms with Gasteiger partial charge in [-0.25, -0.2) is 4.79 Å². The van der Waals surface area contributed by atoms with Gasteiger partial charge in [0.25, 0.3) is 5.91 Å². The molecule has 0 aliphatic carbocycles. The van der Waals surface area contributed by atoms with Crippen molar-refractivity contribution >= 4 is 29.3 Å². The van der Waals surface area contributed by atoms with Gasteiger partial charge in [0, 0.05) is 22.4 Å². The number of para-hydroxylation sites is 1. The van der Waals surface area contributed by atoms with Gasteiger partial charge in [0.15, 0.2) is 0 Å². The van der Waals surface area contributed by atoms with E-state index in [0.29, 0.717) is 29.0 Å². The highest BCUT2D eigenvalue weighted by atomic mass is 32.2. The third kappa shape index (κ3) is 5.17. The second-order valence-electron chi connectivity index (χ2n) is 5.84. The predicted octanol–water partition coefficient (Wildman–Crippen LogP) is 2.97. The number of hydrogen-bond acceptors (Lipinski definition) is 6. The number of benzene rings is 2. The molecular weight excluding hydrogens is 364 g/mol. The third-order valence-electron chi connectivity index (χ3n) is 4.09. The number of nitrogens with one attached hydrogen (secondary N) is 1. The van der Waals surface area contributed by atoms with Crippen LogP contribution in [-0.4, -0.2) is 44.1 Å². The van der Waals surface area contributed by atoms with Crippen molar-refractivity contribution in [2.45, 2.75) is 12.5 Å². The first kappa shape index (κ1) is 20.6. The monoisotopic (exact) mass is 388 g/mol. The zero-order valence-electron chi connectivity index (χ0n) is 15.7. The number of thioether (sulfide) groups is 1. The summed E-state index contributed by atoms with van der Waals surface area (Å²) in [5.41, 5.74) is 8.26. The maximum Gasteiger partial charge on any atom is 0.328 e. The lowest BCUT2D eigenvalue weighted by Gasteiger charge is -2.18. The van der Waals surface area contributed by atoms with Gasteiger partial charge in [-0.3, -0.25) is 4.79 Å². The average Bonchev–Trinajstić information content (AvgIpc) is 2.70. The van der Waals surface area contributed by atoms with Gasteiger partial charge in [0.1, 0.15) is 11.8 Å². The van der Waals surface area contributed by atoms with Crippen LogP contribution in [0.3, 0.4) is 0 Å². The van der Waals surface area contributed by atoms with Crippen LogP contribution < -0.4 is 15.8 Å². The molecule has 0 saturated carbocycles. The number of amides is 1. The molecule has 0 heterocycles. The summed E-state index contributed by atoms with van der Waals surface area (Å²) in [6.45, 7) is 0. The molecule has 2 aromatic carbocycles. The van der Waals surface area contributed by atoms with Crippen LogP contribution in [0.15, 0.2) is 42.5 Å². The minimum atomic E-state index is -0.710. The number of anilines is 1. The van der Waals surface area contributed by atoms with E-state index >= 15 is 0 Å². The molecule has 0 radical (unpaired) electrons. The first-order chi connectivity index (χ1) is 13.0. The van der Waals surface area contributed by atoms with Crippen LogP contribution in [0.4, 0.5) is 5.69 Å². The number of ether oxygens (including phenoxy) is 2. The molecule has 0 bridgehead atoms. The number of methoxy groups -OCH3 is 2. The van der Waals surface area contributed by atoms with Crippen molar-refractivity contribution in [1.29, 1.82) is 0 Å². The standard InChI is InChI=1S/C20H24N2O4S/c1-25-18-7-5-4-6-14(18)16-12-13(21)8-9-15(16)19(23)22-17(10-11-27-3)20(24)26-2/h4-9,12,17H,10-11,21H2,1-3H3,(H,22,23)/t17-/m0/s1. The molecule has 27 heavy (non-hydrogen) atoms. The summed E-state index contributed by atoms with van der Waals surface area (Å²) in [5.74, 6) is 0.518. The Balaban J connectivity index is 2.40. The fourth-order valence-electron chi connectivity index (χ4n) is 2.71. The van der Waals surface area contributed by atoms with Gasteiger partial charge in [-0.2, -0.15) is 11.8 Å². The van der Waals surface area contributed by atoms with E-state index < -0.39 is 12.0 Å². The molecule has 3 N–H and O–H groups in total. The van der Waals surface area contributed by atoms with E-state index in [0.717, 1.165) is 11.3 Å². The molecule has 0 spiro atoms. The fraction of sp³-hybridized carbons (Fsp3) is 0.300. The Hall–Kier alpha value is -2.67. The number of rotatable bonds is 8. The number of esters is 1. The molecule has 0 aliphatic rings. The number of carbonyl (C=O) groups excluding carboxylic acids is 2.